The molecule has 1 fully saturated rings. The van der Waals surface area contributed by atoms with Crippen molar-refractivity contribution in [2.24, 2.45) is 0 Å². The van der Waals surface area contributed by atoms with Crippen LogP contribution in [0.25, 0.3) is 0 Å². The van der Waals surface area contributed by atoms with E-state index in [1.807, 2.05) is 6.92 Å². The van der Waals surface area contributed by atoms with Gasteiger partial charge in [0.2, 0.25) is 5.91 Å². The molecule has 1 aliphatic rings. The van der Waals surface area contributed by atoms with Crippen molar-refractivity contribution in [1.82, 2.24) is 15.1 Å². The Balaban J connectivity index is 1.50. The van der Waals surface area contributed by atoms with E-state index >= 15 is 0 Å². The molecule has 9 heteroatoms. The van der Waals surface area contributed by atoms with E-state index in [1.54, 1.807) is 29.2 Å². The van der Waals surface area contributed by atoms with Gasteiger partial charge in [-0.1, -0.05) is 23.4 Å². The number of amides is 1. The van der Waals surface area contributed by atoms with Crippen LogP contribution in [-0.2, 0) is 16.1 Å². The monoisotopic (exact) mass is 383 g/mol. The molecule has 0 bridgehead atoms. The Kier molecular flexibility index (Phi) is 6.17. The second-order valence-corrected chi connectivity index (χ2v) is 7.13. The Morgan fingerprint density at radius 3 is 2.76 bits per heavy atom. The highest BCUT2D eigenvalue weighted by atomic mass is 35.5. The molecule has 1 unspecified atom stereocenters. The number of hydrogen-bond acceptors (Lipinski definition) is 7. The number of benzene rings is 1. The van der Waals surface area contributed by atoms with Crippen molar-refractivity contribution in [2.45, 2.75) is 24.0 Å². The topological polar surface area (TPSA) is 77.7 Å². The summed E-state index contributed by atoms with van der Waals surface area (Å²) in [5, 5.41) is 8.59. The van der Waals surface area contributed by atoms with Crippen LogP contribution in [0.3, 0.4) is 0 Å². The van der Waals surface area contributed by atoms with Crippen LogP contribution in [0.15, 0.2) is 33.9 Å². The average Bonchev–Trinajstić information content (AvgIpc) is 3.08. The predicted molar refractivity (Wildman–Crippen MR) is 92.8 cm³/mol. The smallest absolute Gasteiger partial charge is 0.277 e. The van der Waals surface area contributed by atoms with Crippen molar-refractivity contribution < 1.29 is 18.7 Å². The highest BCUT2D eigenvalue weighted by Crippen LogP contribution is 2.24. The van der Waals surface area contributed by atoms with Crippen LogP contribution in [0, 0.1) is 0 Å². The molecule has 25 heavy (non-hydrogen) atoms. The number of carbonyl (C=O) groups excluding carboxylic acids is 1. The summed E-state index contributed by atoms with van der Waals surface area (Å²) in [7, 11) is 0. The zero-order valence-electron chi connectivity index (χ0n) is 13.7. The molecule has 1 atom stereocenters. The normalized spacial score (nSPS) is 15.8. The van der Waals surface area contributed by atoms with Crippen LogP contribution in [0.1, 0.15) is 12.8 Å². The molecular formula is C16H18ClN3O4S. The largest absolute Gasteiger partial charge is 0.484 e. The first-order valence-electron chi connectivity index (χ1n) is 7.86. The van der Waals surface area contributed by atoms with Crippen LogP contribution in [0.2, 0.25) is 5.02 Å². The van der Waals surface area contributed by atoms with Crippen molar-refractivity contribution in [2.75, 3.05) is 26.3 Å². The Labute approximate surface area is 154 Å². The number of rotatable bonds is 6. The fraction of sp³-hybridized carbons (Fsp3) is 0.438. The molecular weight excluding hydrogens is 366 g/mol. The van der Waals surface area contributed by atoms with Crippen molar-refractivity contribution in [1.29, 1.82) is 0 Å². The summed E-state index contributed by atoms with van der Waals surface area (Å²) >= 11 is 7.07. The quantitative estimate of drug-likeness (QED) is 0.709. The molecule has 0 saturated carbocycles. The minimum absolute atomic E-state index is 0.0467. The van der Waals surface area contributed by atoms with Gasteiger partial charge in [-0.25, -0.2) is 0 Å². The minimum Gasteiger partial charge on any atom is -0.484 e. The molecule has 0 aliphatic carbocycles. The lowest BCUT2D eigenvalue weighted by Gasteiger charge is -2.28. The highest BCUT2D eigenvalue weighted by Gasteiger charge is 2.25. The van der Waals surface area contributed by atoms with Gasteiger partial charge in [0.25, 0.3) is 11.1 Å². The van der Waals surface area contributed by atoms with Gasteiger partial charge in [0.05, 0.1) is 18.5 Å². The van der Waals surface area contributed by atoms with Crippen molar-refractivity contribution in [3.8, 4) is 5.75 Å². The molecule has 0 spiro atoms. The van der Waals surface area contributed by atoms with E-state index in [0.29, 0.717) is 48.2 Å². The molecule has 134 valence electrons. The van der Waals surface area contributed by atoms with Crippen LogP contribution < -0.4 is 4.74 Å². The van der Waals surface area contributed by atoms with Gasteiger partial charge in [0, 0.05) is 18.1 Å². The van der Waals surface area contributed by atoms with E-state index in [2.05, 4.69) is 10.2 Å². The van der Waals surface area contributed by atoms with Crippen LogP contribution >= 0.6 is 23.4 Å². The van der Waals surface area contributed by atoms with Crippen LogP contribution in [0.4, 0.5) is 0 Å². The van der Waals surface area contributed by atoms with Gasteiger partial charge in [0.1, 0.15) is 5.75 Å². The summed E-state index contributed by atoms with van der Waals surface area (Å²) in [6.07, 6.45) is 0. The van der Waals surface area contributed by atoms with Gasteiger partial charge < -0.3 is 18.8 Å². The summed E-state index contributed by atoms with van der Waals surface area (Å²) in [6.45, 7) is 4.38. The molecule has 0 N–H and O–H groups in total. The Morgan fingerprint density at radius 2 is 2.04 bits per heavy atom. The lowest BCUT2D eigenvalue weighted by Crippen LogP contribution is -2.44. The highest BCUT2D eigenvalue weighted by molar-refractivity contribution is 8.00. The maximum atomic E-state index is 12.4. The number of nitrogens with zero attached hydrogens (tertiary/aromatic N) is 3. The van der Waals surface area contributed by atoms with Crippen LogP contribution in [0.5, 0.6) is 5.75 Å². The number of ether oxygens (including phenoxy) is 2. The molecule has 1 aromatic heterocycles. The van der Waals surface area contributed by atoms with Crippen LogP contribution in [-0.4, -0.2) is 52.6 Å². The zero-order chi connectivity index (χ0) is 17.6. The van der Waals surface area contributed by atoms with Gasteiger partial charge in [0.15, 0.2) is 6.61 Å². The molecule has 1 aromatic carbocycles. The molecule has 2 heterocycles. The van der Waals surface area contributed by atoms with Gasteiger partial charge >= 0.3 is 0 Å². The molecule has 7 nitrogen and oxygen atoms in total. The third-order valence-electron chi connectivity index (χ3n) is 3.57. The van der Waals surface area contributed by atoms with Gasteiger partial charge in [-0.2, -0.15) is 0 Å². The Bertz CT molecular complexity index is 704. The maximum absolute atomic E-state index is 12.4. The molecule has 3 rings (SSSR count). The molecule has 1 aliphatic heterocycles. The molecule has 1 saturated heterocycles. The van der Waals surface area contributed by atoms with E-state index in [-0.39, 0.29) is 17.8 Å². The third-order valence-corrected chi connectivity index (χ3v) is 4.75. The lowest BCUT2D eigenvalue weighted by atomic mass is 10.3. The molecule has 0 radical (unpaired) electrons. The molecule has 2 aromatic rings. The van der Waals surface area contributed by atoms with Crippen molar-refractivity contribution in [3.05, 3.63) is 35.2 Å². The standard InChI is InChI=1S/C16H18ClN3O4S/c1-11(15(21)20-6-8-22-9-7-20)25-16-19-18-14(24-16)10-23-13-4-2-12(17)3-5-13/h2-5,11H,6-10H2,1H3. The second-order valence-electron chi connectivity index (χ2n) is 5.40. The fourth-order valence-corrected chi connectivity index (χ4v) is 3.17. The van der Waals surface area contributed by atoms with Gasteiger partial charge in [-0.05, 0) is 31.2 Å². The number of halogens is 1. The first-order chi connectivity index (χ1) is 12.1. The van der Waals surface area contributed by atoms with E-state index in [0.717, 1.165) is 0 Å². The number of aromatic nitrogens is 2. The number of carbonyl (C=O) groups is 1. The lowest BCUT2D eigenvalue weighted by molar-refractivity contribution is -0.134. The summed E-state index contributed by atoms with van der Waals surface area (Å²) < 4.78 is 16.3. The average molecular weight is 384 g/mol. The second kappa shape index (κ2) is 8.55. The minimum atomic E-state index is -0.302. The first kappa shape index (κ1) is 18.0. The van der Waals surface area contributed by atoms with Crippen molar-refractivity contribution in [3.63, 3.8) is 0 Å². The maximum Gasteiger partial charge on any atom is 0.277 e. The summed E-state index contributed by atoms with van der Waals surface area (Å²) in [5.74, 6) is 1.06. The number of hydrogen-bond donors (Lipinski definition) is 0. The third kappa shape index (κ3) is 5.10. The summed E-state index contributed by atoms with van der Waals surface area (Å²) in [4.78, 5) is 14.2. The Morgan fingerprint density at radius 1 is 1.32 bits per heavy atom. The zero-order valence-corrected chi connectivity index (χ0v) is 15.3. The predicted octanol–water partition coefficient (Wildman–Crippen LogP) is 2.64. The van der Waals surface area contributed by atoms with E-state index in [4.69, 9.17) is 25.5 Å². The number of thioether (sulfide) groups is 1. The first-order valence-corrected chi connectivity index (χ1v) is 9.11. The summed E-state index contributed by atoms with van der Waals surface area (Å²) in [6, 6.07) is 7.00. The number of morpholine rings is 1. The van der Waals surface area contributed by atoms with E-state index in [1.165, 1.54) is 11.8 Å². The van der Waals surface area contributed by atoms with E-state index in [9.17, 15) is 4.79 Å². The fourth-order valence-electron chi connectivity index (χ4n) is 2.26. The van der Waals surface area contributed by atoms with Gasteiger partial charge in [-0.15, -0.1) is 10.2 Å². The Hall–Kier alpha value is -1.77. The SMILES string of the molecule is CC(Sc1nnc(COc2ccc(Cl)cc2)o1)C(=O)N1CCOCC1. The molecule has 1 amide bonds. The van der Waals surface area contributed by atoms with Gasteiger partial charge in [-0.3, -0.25) is 4.79 Å². The van der Waals surface area contributed by atoms with Crippen molar-refractivity contribution >= 4 is 29.3 Å². The van der Waals surface area contributed by atoms with E-state index < -0.39 is 0 Å². The summed E-state index contributed by atoms with van der Waals surface area (Å²) in [5.41, 5.74) is 0.